The van der Waals surface area contributed by atoms with E-state index in [1.165, 1.54) is 53.0 Å². The second-order valence-electron chi connectivity index (χ2n) is 11.4. The van der Waals surface area contributed by atoms with Gasteiger partial charge in [-0.25, -0.2) is 10.6 Å². The average molecular weight is 571 g/mol. The maximum atomic E-state index is 6.23. The van der Waals surface area contributed by atoms with Gasteiger partial charge >= 0.3 is 17.2 Å². The molecule has 12 rings (SSSR count). The first-order valence-corrected chi connectivity index (χ1v) is 15.4. The van der Waals surface area contributed by atoms with Crippen molar-refractivity contribution in [3.63, 3.8) is 0 Å². The SMILES string of the molecule is c1cc2c3c(c1)Sc1ccc4c5c1C3(NCO2)[n+]1ncn[n+]2c1C5c1c-4ccc3c1C21NCOc2cccc(c21)S3. The summed E-state index contributed by atoms with van der Waals surface area (Å²) in [5, 5.41) is 17.9. The summed E-state index contributed by atoms with van der Waals surface area (Å²) in [4.78, 5) is 4.89. The molecular formula is C31H18N6O2S2+2. The van der Waals surface area contributed by atoms with Crippen LogP contribution in [-0.2, 0) is 11.3 Å². The van der Waals surface area contributed by atoms with Crippen molar-refractivity contribution in [3.8, 4) is 22.6 Å². The van der Waals surface area contributed by atoms with Crippen LogP contribution in [0.25, 0.3) is 11.1 Å². The second kappa shape index (κ2) is 6.42. The van der Waals surface area contributed by atoms with Crippen molar-refractivity contribution < 1.29 is 18.8 Å². The van der Waals surface area contributed by atoms with Crippen LogP contribution in [0.1, 0.15) is 45.1 Å². The van der Waals surface area contributed by atoms with Crippen molar-refractivity contribution in [2.45, 2.75) is 36.8 Å². The molecule has 1 aliphatic carbocycles. The van der Waals surface area contributed by atoms with E-state index in [4.69, 9.17) is 19.7 Å². The van der Waals surface area contributed by atoms with Gasteiger partial charge in [0.2, 0.25) is 6.33 Å². The van der Waals surface area contributed by atoms with Crippen LogP contribution in [0.15, 0.2) is 86.6 Å². The van der Waals surface area contributed by atoms with Gasteiger partial charge in [-0.15, -0.1) is 0 Å². The molecule has 6 aliphatic heterocycles. The van der Waals surface area contributed by atoms with E-state index in [-0.39, 0.29) is 5.92 Å². The van der Waals surface area contributed by atoms with Crippen LogP contribution in [0.4, 0.5) is 0 Å². The first-order valence-electron chi connectivity index (χ1n) is 13.7. The standard InChI is InChI=1S/C31H18N6O2S2/c1-3-16-25-18(5-1)40-20-9-7-14-15-8-10-21-28-23(15)24-22(14)27(20)30(25,32-12-38-16)36-29(24)37(35-11-34-36)31(28)26-17(39-13-33-31)4-2-6-19(26)41-21/h1-11,24,32-33H,12-13H2/q+2. The lowest BCUT2D eigenvalue weighted by atomic mass is 9.73. The van der Waals surface area contributed by atoms with Gasteiger partial charge in [-0.1, -0.05) is 47.8 Å². The Morgan fingerprint density at radius 2 is 1.17 bits per heavy atom. The molecule has 10 heteroatoms. The predicted molar refractivity (Wildman–Crippen MR) is 146 cm³/mol. The predicted octanol–water partition coefficient (Wildman–Crippen LogP) is 3.15. The van der Waals surface area contributed by atoms with E-state index in [0.29, 0.717) is 13.5 Å². The fraction of sp³-hybridized carbons (Fsp3) is 0.161. The third-order valence-corrected chi connectivity index (χ3v) is 12.2. The van der Waals surface area contributed by atoms with E-state index in [2.05, 4.69) is 80.7 Å². The maximum absolute atomic E-state index is 6.23. The highest BCUT2D eigenvalue weighted by molar-refractivity contribution is 7.99. The van der Waals surface area contributed by atoms with Crippen LogP contribution in [0.5, 0.6) is 11.5 Å². The Hall–Kier alpha value is -3.96. The first-order chi connectivity index (χ1) is 20.3. The molecule has 0 saturated carbocycles. The minimum atomic E-state index is -0.720. The molecule has 4 aromatic carbocycles. The number of rotatable bonds is 0. The lowest BCUT2D eigenvalue weighted by Crippen LogP contribution is -2.83. The molecular weight excluding hydrogens is 553 g/mol. The lowest BCUT2D eigenvalue weighted by Gasteiger charge is -2.45. The number of fused-ring (bicyclic) bond motifs is 1. The van der Waals surface area contributed by atoms with Crippen LogP contribution < -0.4 is 29.5 Å². The molecule has 41 heavy (non-hydrogen) atoms. The lowest BCUT2D eigenvalue weighted by molar-refractivity contribution is -0.938. The summed E-state index contributed by atoms with van der Waals surface area (Å²) in [6.45, 7) is 0.767. The Bertz CT molecular complexity index is 2020. The monoisotopic (exact) mass is 570 g/mol. The van der Waals surface area contributed by atoms with Gasteiger partial charge in [0.1, 0.15) is 36.1 Å². The Morgan fingerprint density at radius 1 is 0.659 bits per heavy atom. The number of benzene rings is 4. The molecule has 2 atom stereocenters. The maximum Gasteiger partial charge on any atom is 0.485 e. The number of hydrogen-bond donors (Lipinski definition) is 2. The van der Waals surface area contributed by atoms with Crippen molar-refractivity contribution in [2.24, 2.45) is 0 Å². The normalized spacial score (nSPS) is 26.3. The Morgan fingerprint density at radius 3 is 1.71 bits per heavy atom. The van der Waals surface area contributed by atoms with Gasteiger partial charge in [0.05, 0.1) is 11.1 Å². The first kappa shape index (κ1) is 20.8. The van der Waals surface area contributed by atoms with Gasteiger partial charge in [-0.05, 0) is 58.7 Å². The summed E-state index contributed by atoms with van der Waals surface area (Å²) >= 11 is 3.66. The molecule has 7 aliphatic rings. The van der Waals surface area contributed by atoms with Gasteiger partial charge in [0.15, 0.2) is 5.92 Å². The molecule has 0 fully saturated rings. The van der Waals surface area contributed by atoms with Gasteiger partial charge in [0.25, 0.3) is 0 Å². The zero-order chi connectivity index (χ0) is 26.2. The van der Waals surface area contributed by atoms with Crippen LogP contribution in [0, 0.1) is 0 Å². The molecule has 0 radical (unpaired) electrons. The number of nitrogens with one attached hydrogen (secondary N) is 2. The van der Waals surface area contributed by atoms with Crippen molar-refractivity contribution >= 4 is 23.5 Å². The summed E-state index contributed by atoms with van der Waals surface area (Å²) in [6.07, 6.45) is 1.72. The highest BCUT2D eigenvalue weighted by atomic mass is 32.2. The minimum absolute atomic E-state index is 0.0141. The number of ether oxygens (including phenoxy) is 2. The Balaban J connectivity index is 1.34. The summed E-state index contributed by atoms with van der Waals surface area (Å²) in [5.41, 5.74) is 8.73. The van der Waals surface area contributed by atoms with Gasteiger partial charge in [0, 0.05) is 39.1 Å². The zero-order valence-corrected chi connectivity index (χ0v) is 22.9. The van der Waals surface area contributed by atoms with Gasteiger partial charge in [-0.3, -0.25) is 0 Å². The van der Waals surface area contributed by atoms with Gasteiger partial charge in [-0.2, -0.15) is 0 Å². The van der Waals surface area contributed by atoms with Crippen LogP contribution in [0.3, 0.4) is 0 Å². The molecule has 1 aromatic heterocycles. The number of hydrogen-bond acceptors (Lipinski definition) is 8. The van der Waals surface area contributed by atoms with E-state index in [1.807, 2.05) is 23.5 Å². The third-order valence-electron chi connectivity index (χ3n) is 9.92. The Labute approximate surface area is 241 Å². The van der Waals surface area contributed by atoms with Crippen molar-refractivity contribution in [1.29, 1.82) is 0 Å². The molecule has 0 saturated heterocycles. The molecule has 7 heterocycles. The highest BCUT2D eigenvalue weighted by Gasteiger charge is 2.73. The van der Waals surface area contributed by atoms with E-state index in [1.54, 1.807) is 6.33 Å². The summed E-state index contributed by atoms with van der Waals surface area (Å²) in [6, 6.07) is 22.0. The van der Waals surface area contributed by atoms with E-state index in [9.17, 15) is 0 Å². The zero-order valence-electron chi connectivity index (χ0n) is 21.3. The molecule has 2 spiro atoms. The van der Waals surface area contributed by atoms with E-state index in [0.717, 1.165) is 28.5 Å². The van der Waals surface area contributed by atoms with E-state index >= 15 is 0 Å². The third kappa shape index (κ3) is 1.96. The molecule has 8 nitrogen and oxygen atoms in total. The fourth-order valence-corrected chi connectivity index (χ4v) is 11.1. The minimum Gasteiger partial charge on any atom is -0.477 e. The molecule has 2 N–H and O–H groups in total. The summed E-state index contributed by atoms with van der Waals surface area (Å²) < 4.78 is 16.9. The molecule has 2 unspecified atom stereocenters. The number of aromatic nitrogens is 4. The topological polar surface area (TPSA) is 76.1 Å². The molecule has 194 valence electrons. The molecule has 0 bridgehead atoms. The van der Waals surface area contributed by atoms with Crippen molar-refractivity contribution in [2.75, 3.05) is 13.5 Å². The molecule has 0 amide bonds. The van der Waals surface area contributed by atoms with Gasteiger partial charge < -0.3 is 9.47 Å². The summed E-state index contributed by atoms with van der Waals surface area (Å²) in [7, 11) is 0. The fourth-order valence-electron chi connectivity index (χ4n) is 8.68. The largest absolute Gasteiger partial charge is 0.485 e. The average Bonchev–Trinajstić information content (AvgIpc) is 3.35. The van der Waals surface area contributed by atoms with Crippen LogP contribution in [0.2, 0.25) is 0 Å². The quantitative estimate of drug-likeness (QED) is 0.270. The second-order valence-corrected chi connectivity index (χ2v) is 13.5. The molecule has 5 aromatic rings. The number of nitrogens with zero attached hydrogens (tertiary/aromatic N) is 4. The smallest absolute Gasteiger partial charge is 0.477 e. The van der Waals surface area contributed by atoms with Crippen molar-refractivity contribution in [3.05, 3.63) is 106 Å². The highest BCUT2D eigenvalue weighted by Crippen LogP contribution is 2.65. The van der Waals surface area contributed by atoms with E-state index < -0.39 is 11.3 Å². The Kier molecular flexibility index (Phi) is 3.26. The van der Waals surface area contributed by atoms with Crippen LogP contribution >= 0.6 is 23.5 Å². The summed E-state index contributed by atoms with van der Waals surface area (Å²) in [5.74, 6) is 2.88. The van der Waals surface area contributed by atoms with Crippen molar-refractivity contribution in [1.82, 2.24) is 20.8 Å². The van der Waals surface area contributed by atoms with Crippen LogP contribution in [-0.4, -0.2) is 23.7 Å².